The first-order chi connectivity index (χ1) is 11.4. The van der Waals surface area contributed by atoms with Crippen LogP contribution >= 0.6 is 11.3 Å². The number of hydrogen-bond acceptors (Lipinski definition) is 4. The Hall–Kier alpha value is -1.70. The van der Waals surface area contributed by atoms with Crippen LogP contribution in [0.3, 0.4) is 0 Å². The lowest BCUT2D eigenvalue weighted by Gasteiger charge is -2.15. The number of carbonyl (C=O) groups excluding carboxylic acids is 1. The third-order valence-corrected chi connectivity index (χ3v) is 5.90. The van der Waals surface area contributed by atoms with Crippen LogP contribution in [0.1, 0.15) is 27.2 Å². The standard InChI is InChI=1S/C17H20N2O3S2/c1-24(21,22)19-10-4-9-18-17(20)15-11-13-8-7-12-5-2-3-6-14(12)16(13)23-15/h2-3,5-6,11,19H,4,7-10H2,1H3,(H,18,20). The molecule has 1 aromatic heterocycles. The molecule has 0 fully saturated rings. The highest BCUT2D eigenvalue weighted by Gasteiger charge is 2.21. The summed E-state index contributed by atoms with van der Waals surface area (Å²) in [5.41, 5.74) is 3.81. The van der Waals surface area contributed by atoms with Gasteiger partial charge in [0, 0.05) is 18.0 Å². The lowest BCUT2D eigenvalue weighted by molar-refractivity contribution is 0.0957. The van der Waals surface area contributed by atoms with Gasteiger partial charge in [-0.3, -0.25) is 4.79 Å². The molecule has 1 heterocycles. The molecule has 2 aromatic rings. The fourth-order valence-electron chi connectivity index (χ4n) is 2.82. The number of nitrogens with one attached hydrogen (secondary N) is 2. The number of benzene rings is 1. The van der Waals surface area contributed by atoms with Gasteiger partial charge in [0.2, 0.25) is 10.0 Å². The van der Waals surface area contributed by atoms with Crippen molar-refractivity contribution in [2.75, 3.05) is 19.3 Å². The van der Waals surface area contributed by atoms with E-state index in [0.717, 1.165) is 19.1 Å². The van der Waals surface area contributed by atoms with Gasteiger partial charge in [0.1, 0.15) is 0 Å². The van der Waals surface area contributed by atoms with E-state index in [1.807, 2.05) is 12.1 Å². The molecule has 128 valence electrons. The second-order valence-electron chi connectivity index (χ2n) is 5.90. The van der Waals surface area contributed by atoms with Gasteiger partial charge in [0.15, 0.2) is 0 Å². The molecule has 0 aliphatic heterocycles. The van der Waals surface area contributed by atoms with Crippen molar-refractivity contribution in [2.24, 2.45) is 0 Å². The molecule has 0 spiro atoms. The average molecular weight is 364 g/mol. The van der Waals surface area contributed by atoms with Crippen molar-refractivity contribution in [3.8, 4) is 10.4 Å². The number of thiophene rings is 1. The Morgan fingerprint density at radius 2 is 1.92 bits per heavy atom. The van der Waals surface area contributed by atoms with Gasteiger partial charge >= 0.3 is 0 Å². The predicted molar refractivity (Wildman–Crippen MR) is 97.0 cm³/mol. The zero-order valence-electron chi connectivity index (χ0n) is 13.5. The summed E-state index contributed by atoms with van der Waals surface area (Å²) in [6.07, 6.45) is 3.67. The van der Waals surface area contributed by atoms with Crippen LogP contribution in [0.25, 0.3) is 10.4 Å². The van der Waals surface area contributed by atoms with Crippen molar-refractivity contribution in [3.05, 3.63) is 46.3 Å². The summed E-state index contributed by atoms with van der Waals surface area (Å²) in [6.45, 7) is 0.772. The molecule has 1 aliphatic carbocycles. The average Bonchev–Trinajstić information content (AvgIpc) is 2.98. The van der Waals surface area contributed by atoms with Crippen molar-refractivity contribution in [1.29, 1.82) is 0 Å². The fraction of sp³-hybridized carbons (Fsp3) is 0.353. The largest absolute Gasteiger partial charge is 0.351 e. The van der Waals surface area contributed by atoms with E-state index in [9.17, 15) is 13.2 Å². The van der Waals surface area contributed by atoms with Crippen molar-refractivity contribution < 1.29 is 13.2 Å². The van der Waals surface area contributed by atoms with Crippen LogP contribution in [0.4, 0.5) is 0 Å². The van der Waals surface area contributed by atoms with Gasteiger partial charge in [0.25, 0.3) is 5.91 Å². The van der Waals surface area contributed by atoms with Crippen LogP contribution in [0.2, 0.25) is 0 Å². The van der Waals surface area contributed by atoms with E-state index in [0.29, 0.717) is 24.4 Å². The number of fused-ring (bicyclic) bond motifs is 3. The van der Waals surface area contributed by atoms with E-state index in [-0.39, 0.29) is 5.91 Å². The maximum atomic E-state index is 12.3. The summed E-state index contributed by atoms with van der Waals surface area (Å²) >= 11 is 1.53. The number of carbonyl (C=O) groups is 1. The zero-order valence-corrected chi connectivity index (χ0v) is 15.1. The molecule has 3 rings (SSSR count). The summed E-state index contributed by atoms with van der Waals surface area (Å²) in [5.74, 6) is -0.0914. The first-order valence-corrected chi connectivity index (χ1v) is 10.6. The molecule has 24 heavy (non-hydrogen) atoms. The summed E-state index contributed by atoms with van der Waals surface area (Å²) in [7, 11) is -3.17. The van der Waals surface area contributed by atoms with E-state index in [2.05, 4.69) is 28.2 Å². The van der Waals surface area contributed by atoms with E-state index >= 15 is 0 Å². The van der Waals surface area contributed by atoms with Gasteiger partial charge in [-0.1, -0.05) is 24.3 Å². The minimum absolute atomic E-state index is 0.0914. The summed E-state index contributed by atoms with van der Waals surface area (Å²) in [5, 5.41) is 2.85. The highest BCUT2D eigenvalue weighted by molar-refractivity contribution is 7.88. The molecule has 0 atom stereocenters. The third-order valence-electron chi connectivity index (χ3n) is 3.96. The quantitative estimate of drug-likeness (QED) is 0.772. The summed E-state index contributed by atoms with van der Waals surface area (Å²) in [4.78, 5) is 14.2. The molecule has 0 radical (unpaired) electrons. The predicted octanol–water partition coefficient (Wildman–Crippen LogP) is 2.18. The molecular formula is C17H20N2O3S2. The monoisotopic (exact) mass is 364 g/mol. The highest BCUT2D eigenvalue weighted by atomic mass is 32.2. The van der Waals surface area contributed by atoms with Gasteiger partial charge in [0.05, 0.1) is 11.1 Å². The summed E-state index contributed by atoms with van der Waals surface area (Å²) < 4.78 is 24.3. The minimum atomic E-state index is -3.17. The van der Waals surface area contributed by atoms with E-state index in [4.69, 9.17) is 0 Å². The molecule has 5 nitrogen and oxygen atoms in total. The van der Waals surface area contributed by atoms with E-state index < -0.39 is 10.0 Å². The van der Waals surface area contributed by atoms with Gasteiger partial charge in [-0.2, -0.15) is 0 Å². The highest BCUT2D eigenvalue weighted by Crippen LogP contribution is 2.39. The number of amides is 1. The Kier molecular flexibility index (Phi) is 5.03. The Morgan fingerprint density at radius 3 is 2.71 bits per heavy atom. The normalized spacial score (nSPS) is 13.2. The molecule has 1 aromatic carbocycles. The lowest BCUT2D eigenvalue weighted by atomic mass is 9.91. The van der Waals surface area contributed by atoms with Crippen LogP contribution in [0, 0.1) is 0 Å². The Balaban J connectivity index is 1.61. The van der Waals surface area contributed by atoms with Crippen LogP contribution in [-0.4, -0.2) is 33.7 Å². The van der Waals surface area contributed by atoms with Gasteiger partial charge in [-0.05, 0) is 42.0 Å². The van der Waals surface area contributed by atoms with Crippen LogP contribution < -0.4 is 10.0 Å². The Labute approximate surface area is 146 Å². The second kappa shape index (κ2) is 7.04. The smallest absolute Gasteiger partial charge is 0.261 e. The number of aryl methyl sites for hydroxylation is 2. The first kappa shape index (κ1) is 17.1. The van der Waals surface area contributed by atoms with Crippen molar-refractivity contribution in [1.82, 2.24) is 10.0 Å². The number of rotatable bonds is 6. The molecule has 7 heteroatoms. The van der Waals surface area contributed by atoms with E-state index in [1.54, 1.807) is 0 Å². The summed E-state index contributed by atoms with van der Waals surface area (Å²) in [6, 6.07) is 10.3. The number of hydrogen-bond donors (Lipinski definition) is 2. The van der Waals surface area contributed by atoms with Crippen LogP contribution in [-0.2, 0) is 22.9 Å². The molecule has 0 unspecified atom stereocenters. The fourth-order valence-corrected chi connectivity index (χ4v) is 4.52. The molecule has 0 saturated heterocycles. The van der Waals surface area contributed by atoms with Gasteiger partial charge < -0.3 is 5.32 Å². The zero-order chi connectivity index (χ0) is 17.2. The SMILES string of the molecule is CS(=O)(=O)NCCCNC(=O)c1cc2c(s1)-c1ccccc1CC2. The first-order valence-electron chi connectivity index (χ1n) is 7.88. The minimum Gasteiger partial charge on any atom is -0.351 e. The molecule has 1 amide bonds. The second-order valence-corrected chi connectivity index (χ2v) is 8.78. The molecular weight excluding hydrogens is 344 g/mol. The van der Waals surface area contributed by atoms with Crippen molar-refractivity contribution in [2.45, 2.75) is 19.3 Å². The maximum absolute atomic E-state index is 12.3. The molecule has 2 N–H and O–H groups in total. The molecule has 0 bridgehead atoms. The van der Waals surface area contributed by atoms with Crippen LogP contribution in [0.15, 0.2) is 30.3 Å². The molecule has 1 aliphatic rings. The van der Waals surface area contributed by atoms with Gasteiger partial charge in [-0.15, -0.1) is 11.3 Å². The maximum Gasteiger partial charge on any atom is 0.261 e. The molecule has 0 saturated carbocycles. The van der Waals surface area contributed by atoms with Crippen LogP contribution in [0.5, 0.6) is 0 Å². The lowest BCUT2D eigenvalue weighted by Crippen LogP contribution is -2.29. The van der Waals surface area contributed by atoms with Gasteiger partial charge in [-0.25, -0.2) is 13.1 Å². The topological polar surface area (TPSA) is 75.3 Å². The third kappa shape index (κ3) is 4.03. The van der Waals surface area contributed by atoms with E-state index in [1.165, 1.54) is 32.9 Å². The Morgan fingerprint density at radius 1 is 1.17 bits per heavy atom. The van der Waals surface area contributed by atoms with Crippen molar-refractivity contribution in [3.63, 3.8) is 0 Å². The van der Waals surface area contributed by atoms with Crippen molar-refractivity contribution >= 4 is 27.3 Å². The number of sulfonamides is 1. The Bertz CT molecular complexity index is 856.